The molecule has 0 aliphatic heterocycles. The van der Waals surface area contributed by atoms with Crippen LogP contribution in [0, 0.1) is 0 Å². The van der Waals surface area contributed by atoms with Crippen LogP contribution < -0.4 is 10.9 Å². The maximum Gasteiger partial charge on any atom is 0.356 e. The minimum Gasteiger partial charge on any atom is -0.476 e. The van der Waals surface area contributed by atoms with Crippen LogP contribution in [0.4, 0.5) is 11.4 Å². The van der Waals surface area contributed by atoms with Crippen molar-refractivity contribution in [2.45, 2.75) is 0 Å². The van der Waals surface area contributed by atoms with Gasteiger partial charge in [0.1, 0.15) is 5.65 Å². The minimum atomic E-state index is -1.17. The highest BCUT2D eigenvalue weighted by Crippen LogP contribution is 2.21. The molecule has 0 spiro atoms. The summed E-state index contributed by atoms with van der Waals surface area (Å²) in [4.78, 5) is 23.9. The largest absolute Gasteiger partial charge is 0.476 e. The zero-order valence-electron chi connectivity index (χ0n) is 13.3. The van der Waals surface area contributed by atoms with Crippen LogP contribution in [-0.2, 0) is 7.05 Å². The zero-order valence-corrected chi connectivity index (χ0v) is 13.3. The number of carbonyl (C=O) groups is 1. The van der Waals surface area contributed by atoms with Gasteiger partial charge in [-0.25, -0.2) is 4.79 Å². The predicted octanol–water partition coefficient (Wildman–Crippen LogP) is 2.63. The quantitative estimate of drug-likeness (QED) is 0.601. The van der Waals surface area contributed by atoms with E-state index in [2.05, 4.69) is 10.4 Å². The lowest BCUT2D eigenvalue weighted by molar-refractivity contribution is 0.0690. The monoisotopic (exact) mass is 334 g/mol. The number of aromatic carboxylic acids is 1. The van der Waals surface area contributed by atoms with Gasteiger partial charge >= 0.3 is 5.97 Å². The highest BCUT2D eigenvalue weighted by Gasteiger charge is 2.15. The highest BCUT2D eigenvalue weighted by molar-refractivity contribution is 5.89. The Morgan fingerprint density at radius 1 is 1.08 bits per heavy atom. The van der Waals surface area contributed by atoms with Gasteiger partial charge in [0.25, 0.3) is 5.56 Å². The van der Waals surface area contributed by atoms with Gasteiger partial charge in [-0.3, -0.25) is 4.79 Å². The normalized spacial score (nSPS) is 11.1. The lowest BCUT2D eigenvalue weighted by Crippen LogP contribution is -2.18. The van der Waals surface area contributed by atoms with Crippen LogP contribution in [0.1, 0.15) is 10.5 Å². The van der Waals surface area contributed by atoms with Gasteiger partial charge in [-0.05, 0) is 30.3 Å². The predicted molar refractivity (Wildman–Crippen MR) is 94.6 cm³/mol. The Morgan fingerprint density at radius 3 is 2.56 bits per heavy atom. The molecule has 0 unspecified atom stereocenters. The number of aryl methyl sites for hydroxylation is 1. The lowest BCUT2D eigenvalue weighted by atomic mass is 10.2. The fraction of sp³-hybridized carbons (Fsp3) is 0.0556. The maximum atomic E-state index is 12.7. The van der Waals surface area contributed by atoms with Crippen molar-refractivity contribution in [2.24, 2.45) is 7.05 Å². The number of benzene rings is 2. The first-order chi connectivity index (χ1) is 12.0. The first-order valence-corrected chi connectivity index (χ1v) is 7.62. The third kappa shape index (κ3) is 2.42. The fourth-order valence-corrected chi connectivity index (χ4v) is 2.87. The van der Waals surface area contributed by atoms with Gasteiger partial charge < -0.3 is 15.0 Å². The van der Waals surface area contributed by atoms with Gasteiger partial charge in [-0.15, -0.1) is 0 Å². The van der Waals surface area contributed by atoms with Gasteiger partial charge in [0, 0.05) is 24.5 Å². The van der Waals surface area contributed by atoms with E-state index < -0.39 is 5.97 Å². The number of carboxylic acid groups (broad SMARTS) is 1. The topological polar surface area (TPSA) is 88.6 Å². The molecular formula is C18H14N4O3. The van der Waals surface area contributed by atoms with E-state index in [1.807, 2.05) is 42.5 Å². The van der Waals surface area contributed by atoms with Crippen molar-refractivity contribution in [3.8, 4) is 0 Å². The number of anilines is 2. The molecule has 0 atom stereocenters. The third-order valence-corrected chi connectivity index (χ3v) is 4.10. The summed E-state index contributed by atoms with van der Waals surface area (Å²) in [6.07, 6.45) is 0. The fourth-order valence-electron chi connectivity index (χ4n) is 2.87. The number of fused-ring (bicyclic) bond motifs is 2. The minimum absolute atomic E-state index is 0.161. The number of nitrogens with one attached hydrogen (secondary N) is 1. The van der Waals surface area contributed by atoms with Crippen molar-refractivity contribution >= 4 is 33.9 Å². The van der Waals surface area contributed by atoms with Gasteiger partial charge in [0.15, 0.2) is 5.69 Å². The van der Waals surface area contributed by atoms with E-state index in [-0.39, 0.29) is 11.3 Å². The Kier molecular flexibility index (Phi) is 3.28. The molecule has 0 aliphatic rings. The average Bonchev–Trinajstić information content (AvgIpc) is 3.07. The molecule has 0 bridgehead atoms. The lowest BCUT2D eigenvalue weighted by Gasteiger charge is -2.10. The molecule has 4 aromatic rings. The van der Waals surface area contributed by atoms with Crippen molar-refractivity contribution < 1.29 is 9.90 Å². The number of aromatic nitrogens is 3. The van der Waals surface area contributed by atoms with E-state index in [0.717, 1.165) is 15.9 Å². The van der Waals surface area contributed by atoms with Crippen LogP contribution >= 0.6 is 0 Å². The first kappa shape index (κ1) is 14.9. The Balaban J connectivity index is 1.92. The zero-order chi connectivity index (χ0) is 17.6. The molecule has 0 amide bonds. The summed E-state index contributed by atoms with van der Waals surface area (Å²) in [5, 5.41) is 16.7. The Labute approximate surface area is 141 Å². The molecule has 2 aromatic heterocycles. The molecule has 0 saturated heterocycles. The second-order valence-corrected chi connectivity index (χ2v) is 5.69. The third-order valence-electron chi connectivity index (χ3n) is 4.10. The van der Waals surface area contributed by atoms with Gasteiger partial charge in [0.05, 0.1) is 10.9 Å². The standard InChI is InChI=1S/C18H14N4O3/c1-21-15-8-7-12(19-11-5-3-2-4-6-11)9-13(15)17(23)22-16(21)10-14(20-22)18(24)25/h2-10,19H,1H3,(H,24,25). The summed E-state index contributed by atoms with van der Waals surface area (Å²) >= 11 is 0. The van der Waals surface area contributed by atoms with Crippen LogP contribution in [-0.4, -0.2) is 25.3 Å². The van der Waals surface area contributed by atoms with Crippen molar-refractivity contribution in [1.82, 2.24) is 14.2 Å². The summed E-state index contributed by atoms with van der Waals surface area (Å²) in [5.41, 5.74) is 2.29. The molecule has 25 heavy (non-hydrogen) atoms. The molecule has 2 heterocycles. The van der Waals surface area contributed by atoms with Crippen molar-refractivity contribution in [3.63, 3.8) is 0 Å². The number of rotatable bonds is 3. The Bertz CT molecular complexity index is 1180. The smallest absolute Gasteiger partial charge is 0.356 e. The van der Waals surface area contributed by atoms with Gasteiger partial charge in [-0.2, -0.15) is 9.61 Å². The summed E-state index contributed by atoms with van der Waals surface area (Å²) in [7, 11) is 1.77. The van der Waals surface area contributed by atoms with Crippen LogP contribution in [0.3, 0.4) is 0 Å². The van der Waals surface area contributed by atoms with E-state index in [1.54, 1.807) is 17.7 Å². The van der Waals surface area contributed by atoms with E-state index >= 15 is 0 Å². The molecule has 4 rings (SSSR count). The van der Waals surface area contributed by atoms with Crippen LogP contribution in [0.5, 0.6) is 0 Å². The maximum absolute atomic E-state index is 12.7. The van der Waals surface area contributed by atoms with E-state index in [9.17, 15) is 9.59 Å². The number of nitrogens with zero attached hydrogens (tertiary/aromatic N) is 3. The molecule has 7 heteroatoms. The van der Waals surface area contributed by atoms with Crippen molar-refractivity contribution in [3.05, 3.63) is 70.6 Å². The number of carboxylic acids is 1. The molecule has 0 aliphatic carbocycles. The first-order valence-electron chi connectivity index (χ1n) is 7.62. The van der Waals surface area contributed by atoms with Crippen molar-refractivity contribution in [2.75, 3.05) is 5.32 Å². The summed E-state index contributed by atoms with van der Waals surface area (Å²) in [5.74, 6) is -1.17. The SMILES string of the molecule is Cn1c2ccc(Nc3ccccc3)cc2c(=O)n2nc(C(=O)O)cc12. The van der Waals surface area contributed by atoms with E-state index in [0.29, 0.717) is 16.6 Å². The van der Waals surface area contributed by atoms with Crippen LogP contribution in [0.25, 0.3) is 16.6 Å². The van der Waals surface area contributed by atoms with Gasteiger partial charge in [-0.1, -0.05) is 18.2 Å². The summed E-state index contributed by atoms with van der Waals surface area (Å²) in [6, 6.07) is 16.5. The van der Waals surface area contributed by atoms with E-state index in [1.165, 1.54) is 6.07 Å². The Morgan fingerprint density at radius 2 is 1.84 bits per heavy atom. The second-order valence-electron chi connectivity index (χ2n) is 5.69. The summed E-state index contributed by atoms with van der Waals surface area (Å²) < 4.78 is 2.88. The molecule has 0 saturated carbocycles. The van der Waals surface area contributed by atoms with E-state index in [4.69, 9.17) is 5.11 Å². The Hall–Kier alpha value is -3.61. The van der Waals surface area contributed by atoms with Crippen molar-refractivity contribution in [1.29, 1.82) is 0 Å². The second kappa shape index (κ2) is 5.48. The molecule has 0 radical (unpaired) electrons. The molecule has 124 valence electrons. The number of hydrogen-bond acceptors (Lipinski definition) is 4. The molecular weight excluding hydrogens is 320 g/mol. The molecule has 2 N–H and O–H groups in total. The molecule has 0 fully saturated rings. The van der Waals surface area contributed by atoms with Crippen LogP contribution in [0.2, 0.25) is 0 Å². The number of para-hydroxylation sites is 1. The van der Waals surface area contributed by atoms with Gasteiger partial charge in [0.2, 0.25) is 0 Å². The molecule has 2 aromatic carbocycles. The molecule has 7 nitrogen and oxygen atoms in total. The average molecular weight is 334 g/mol. The summed E-state index contributed by atoms with van der Waals surface area (Å²) in [6.45, 7) is 0. The van der Waals surface area contributed by atoms with Crippen LogP contribution in [0.15, 0.2) is 59.4 Å². The highest BCUT2D eigenvalue weighted by atomic mass is 16.4. The number of hydrogen-bond donors (Lipinski definition) is 2.